The highest BCUT2D eigenvalue weighted by atomic mass is 35.5. The van der Waals surface area contributed by atoms with E-state index in [0.717, 1.165) is 6.26 Å². The van der Waals surface area contributed by atoms with Gasteiger partial charge in [-0.25, -0.2) is 18.2 Å². The highest BCUT2D eigenvalue weighted by Crippen LogP contribution is 2.17. The number of pyridine rings is 1. The predicted molar refractivity (Wildman–Crippen MR) is 93.1 cm³/mol. The maximum Gasteiger partial charge on any atom is 0.338 e. The summed E-state index contributed by atoms with van der Waals surface area (Å²) < 4.78 is 27.4. The second-order valence-electron chi connectivity index (χ2n) is 5.23. The van der Waals surface area contributed by atoms with E-state index in [-0.39, 0.29) is 16.5 Å². The second kappa shape index (κ2) is 8.09. The molecule has 2 aromatic rings. The van der Waals surface area contributed by atoms with Gasteiger partial charge in [-0.1, -0.05) is 23.7 Å². The third-order valence-electron chi connectivity index (χ3n) is 2.99. The number of hydrogen-bond donors (Lipinski definition) is 1. The lowest BCUT2D eigenvalue weighted by Crippen LogP contribution is -2.21. The number of sulfone groups is 1. The third kappa shape index (κ3) is 6.17. The Morgan fingerprint density at radius 3 is 2.48 bits per heavy atom. The fourth-order valence-corrected chi connectivity index (χ4v) is 2.88. The van der Waals surface area contributed by atoms with Crippen LogP contribution in [0.25, 0.3) is 0 Å². The molecule has 7 nitrogen and oxygen atoms in total. The van der Waals surface area contributed by atoms with Crippen LogP contribution in [0, 0.1) is 0 Å². The smallest absolute Gasteiger partial charge is 0.338 e. The molecule has 0 saturated carbocycles. The molecule has 0 unspecified atom stereocenters. The van der Waals surface area contributed by atoms with E-state index >= 15 is 0 Å². The number of hydrogen-bond acceptors (Lipinski definition) is 6. The van der Waals surface area contributed by atoms with E-state index < -0.39 is 28.3 Å². The fourth-order valence-electron chi connectivity index (χ4n) is 1.92. The van der Waals surface area contributed by atoms with Gasteiger partial charge in [0.15, 0.2) is 21.6 Å². The number of carbonyl (C=O) groups is 2. The summed E-state index contributed by atoms with van der Waals surface area (Å²) in [5.74, 6) is -1.37. The monoisotopic (exact) mass is 382 g/mol. The number of nitrogens with one attached hydrogen (secondary N) is 1. The Morgan fingerprint density at radius 1 is 1.20 bits per heavy atom. The van der Waals surface area contributed by atoms with Crippen LogP contribution >= 0.6 is 11.6 Å². The summed E-state index contributed by atoms with van der Waals surface area (Å²) in [5, 5.41) is 2.60. The summed E-state index contributed by atoms with van der Waals surface area (Å²) >= 11 is 5.81. The number of rotatable bonds is 6. The molecule has 25 heavy (non-hydrogen) atoms. The van der Waals surface area contributed by atoms with Crippen molar-refractivity contribution in [3.05, 3.63) is 58.9 Å². The lowest BCUT2D eigenvalue weighted by Gasteiger charge is -2.07. The molecule has 0 aliphatic rings. The van der Waals surface area contributed by atoms with Gasteiger partial charge in [0.05, 0.1) is 17.0 Å². The summed E-state index contributed by atoms with van der Waals surface area (Å²) in [7, 11) is -3.15. The van der Waals surface area contributed by atoms with Crippen LogP contribution in [0.4, 0.5) is 5.69 Å². The molecule has 0 saturated heterocycles. The van der Waals surface area contributed by atoms with Crippen LogP contribution in [-0.4, -0.2) is 38.1 Å². The SMILES string of the molecule is CS(=O)(=O)Cc1ccc(C(=O)OCC(=O)Nc2cccnc2Cl)cc1. The lowest BCUT2D eigenvalue weighted by molar-refractivity contribution is -0.119. The Labute approximate surface area is 149 Å². The molecule has 1 aromatic heterocycles. The van der Waals surface area contributed by atoms with Crippen LogP contribution in [0.2, 0.25) is 5.15 Å². The van der Waals surface area contributed by atoms with Gasteiger partial charge in [0.25, 0.3) is 5.91 Å². The average molecular weight is 383 g/mol. The van der Waals surface area contributed by atoms with Gasteiger partial charge in [-0.2, -0.15) is 0 Å². The number of ether oxygens (including phenoxy) is 1. The molecule has 0 radical (unpaired) electrons. The molecule has 9 heteroatoms. The number of esters is 1. The molecule has 2 rings (SSSR count). The lowest BCUT2D eigenvalue weighted by atomic mass is 10.1. The molecule has 0 aliphatic heterocycles. The normalized spacial score (nSPS) is 11.0. The number of nitrogens with zero attached hydrogens (tertiary/aromatic N) is 1. The topological polar surface area (TPSA) is 102 Å². The summed E-state index contributed by atoms with van der Waals surface area (Å²) in [6.45, 7) is -0.491. The van der Waals surface area contributed by atoms with E-state index in [4.69, 9.17) is 16.3 Å². The predicted octanol–water partition coefficient (Wildman–Crippen LogP) is 2.08. The van der Waals surface area contributed by atoms with Gasteiger partial charge in [0.1, 0.15) is 0 Å². The molecule has 132 valence electrons. The molecule has 0 spiro atoms. The first-order valence-electron chi connectivity index (χ1n) is 7.09. The van der Waals surface area contributed by atoms with Crippen LogP contribution in [0.3, 0.4) is 0 Å². The molecule has 0 bridgehead atoms. The van der Waals surface area contributed by atoms with Gasteiger partial charge in [-0.15, -0.1) is 0 Å². The Balaban J connectivity index is 1.89. The minimum absolute atomic E-state index is 0.114. The van der Waals surface area contributed by atoms with Crippen molar-refractivity contribution in [1.82, 2.24) is 4.98 Å². The van der Waals surface area contributed by atoms with E-state index in [1.54, 1.807) is 12.1 Å². The van der Waals surface area contributed by atoms with Gasteiger partial charge >= 0.3 is 5.97 Å². The van der Waals surface area contributed by atoms with Crippen molar-refractivity contribution in [2.24, 2.45) is 0 Å². The zero-order valence-corrected chi connectivity index (χ0v) is 14.8. The van der Waals surface area contributed by atoms with E-state index in [9.17, 15) is 18.0 Å². The zero-order valence-electron chi connectivity index (χ0n) is 13.2. The highest BCUT2D eigenvalue weighted by Gasteiger charge is 2.12. The molecule has 1 amide bonds. The zero-order chi connectivity index (χ0) is 18.4. The Hall–Kier alpha value is -2.45. The number of amides is 1. The Morgan fingerprint density at radius 2 is 1.88 bits per heavy atom. The quantitative estimate of drug-likeness (QED) is 0.606. The van der Waals surface area contributed by atoms with Gasteiger partial charge < -0.3 is 10.1 Å². The van der Waals surface area contributed by atoms with E-state index in [1.165, 1.54) is 30.5 Å². The summed E-state index contributed by atoms with van der Waals surface area (Å²) in [5.41, 5.74) is 1.09. The van der Waals surface area contributed by atoms with Crippen molar-refractivity contribution in [3.8, 4) is 0 Å². The maximum absolute atomic E-state index is 11.9. The second-order valence-corrected chi connectivity index (χ2v) is 7.73. The standard InChI is InChI=1S/C16H15ClN2O5S/c1-25(22,23)10-11-4-6-12(7-5-11)16(21)24-9-14(20)19-13-3-2-8-18-15(13)17/h2-8H,9-10H2,1H3,(H,19,20). The van der Waals surface area contributed by atoms with Crippen LogP contribution in [0.5, 0.6) is 0 Å². The molecule has 1 heterocycles. The maximum atomic E-state index is 11.9. The molecule has 1 aromatic carbocycles. The summed E-state index contributed by atoms with van der Waals surface area (Å²) in [4.78, 5) is 27.5. The van der Waals surface area contributed by atoms with E-state index in [0.29, 0.717) is 11.3 Å². The van der Waals surface area contributed by atoms with Crippen LogP contribution in [0.15, 0.2) is 42.6 Å². The van der Waals surface area contributed by atoms with Gasteiger partial charge in [0.2, 0.25) is 0 Å². The number of aromatic nitrogens is 1. The molecule has 0 atom stereocenters. The van der Waals surface area contributed by atoms with Gasteiger partial charge in [0, 0.05) is 12.5 Å². The molecular formula is C16H15ClN2O5S. The minimum atomic E-state index is -3.15. The first-order valence-corrected chi connectivity index (χ1v) is 9.52. The molecule has 0 aliphatic carbocycles. The average Bonchev–Trinajstić information content (AvgIpc) is 2.54. The number of carbonyl (C=O) groups excluding carboxylic acids is 2. The molecule has 1 N–H and O–H groups in total. The number of benzene rings is 1. The van der Waals surface area contributed by atoms with Crippen molar-refractivity contribution in [2.45, 2.75) is 5.75 Å². The van der Waals surface area contributed by atoms with Gasteiger partial charge in [-0.05, 0) is 29.8 Å². The third-order valence-corrected chi connectivity index (χ3v) is 4.14. The Bertz CT molecular complexity index is 882. The largest absolute Gasteiger partial charge is 0.452 e. The van der Waals surface area contributed by atoms with Crippen LogP contribution in [-0.2, 0) is 25.1 Å². The first-order chi connectivity index (χ1) is 11.7. The van der Waals surface area contributed by atoms with Crippen molar-refractivity contribution in [2.75, 3.05) is 18.2 Å². The number of halogens is 1. The fraction of sp³-hybridized carbons (Fsp3) is 0.188. The van der Waals surface area contributed by atoms with E-state index in [2.05, 4.69) is 10.3 Å². The summed E-state index contributed by atoms with van der Waals surface area (Å²) in [6, 6.07) is 9.10. The first kappa shape index (κ1) is 18.9. The summed E-state index contributed by atoms with van der Waals surface area (Å²) in [6.07, 6.45) is 2.60. The Kier molecular flexibility index (Phi) is 6.11. The van der Waals surface area contributed by atoms with E-state index in [1.807, 2.05) is 0 Å². The molecular weight excluding hydrogens is 368 g/mol. The van der Waals surface area contributed by atoms with Crippen molar-refractivity contribution in [3.63, 3.8) is 0 Å². The van der Waals surface area contributed by atoms with Crippen LogP contribution < -0.4 is 5.32 Å². The van der Waals surface area contributed by atoms with Crippen molar-refractivity contribution < 1.29 is 22.7 Å². The van der Waals surface area contributed by atoms with Gasteiger partial charge in [-0.3, -0.25) is 4.79 Å². The number of anilines is 1. The van der Waals surface area contributed by atoms with Crippen LogP contribution in [0.1, 0.15) is 15.9 Å². The highest BCUT2D eigenvalue weighted by molar-refractivity contribution is 7.89. The minimum Gasteiger partial charge on any atom is -0.452 e. The van der Waals surface area contributed by atoms with Crippen molar-refractivity contribution in [1.29, 1.82) is 0 Å². The molecule has 0 fully saturated rings. The van der Waals surface area contributed by atoms with Crippen molar-refractivity contribution >= 4 is 39.0 Å².